The molecular formula is C14H12ClFN2. The van der Waals surface area contributed by atoms with Crippen molar-refractivity contribution in [2.24, 2.45) is 10.7 Å². The molecule has 0 fully saturated rings. The van der Waals surface area contributed by atoms with E-state index in [1.165, 1.54) is 12.1 Å². The van der Waals surface area contributed by atoms with Crippen molar-refractivity contribution in [1.29, 1.82) is 0 Å². The Labute approximate surface area is 110 Å². The van der Waals surface area contributed by atoms with Crippen LogP contribution in [-0.2, 0) is 0 Å². The third kappa shape index (κ3) is 3.08. The fraction of sp³-hybridized carbons (Fsp3) is 0.0714. The molecule has 2 aromatic rings. The number of nitrogens with two attached hydrogens (primary N) is 1. The number of amidine groups is 1. The van der Waals surface area contributed by atoms with E-state index >= 15 is 0 Å². The largest absolute Gasteiger partial charge is 0.386 e. The molecule has 0 heterocycles. The van der Waals surface area contributed by atoms with E-state index in [2.05, 4.69) is 4.99 Å². The molecule has 0 saturated carbocycles. The molecule has 18 heavy (non-hydrogen) atoms. The Balaban J connectivity index is 2.35. The van der Waals surface area contributed by atoms with Gasteiger partial charge in [-0.2, -0.15) is 0 Å². The molecule has 0 spiro atoms. The van der Waals surface area contributed by atoms with Gasteiger partial charge in [0.2, 0.25) is 0 Å². The van der Waals surface area contributed by atoms with Crippen molar-refractivity contribution in [2.75, 3.05) is 5.88 Å². The number of hydrogen-bond acceptors (Lipinski definition) is 1. The molecule has 2 rings (SSSR count). The maximum absolute atomic E-state index is 12.8. The lowest BCUT2D eigenvalue weighted by Crippen LogP contribution is -2.12. The lowest BCUT2D eigenvalue weighted by molar-refractivity contribution is 0.628. The molecule has 2 aromatic carbocycles. The second-order valence-corrected chi connectivity index (χ2v) is 4.06. The minimum atomic E-state index is -0.251. The Kier molecular flexibility index (Phi) is 3.95. The summed E-state index contributed by atoms with van der Waals surface area (Å²) in [5.41, 5.74) is 8.20. The van der Waals surface area contributed by atoms with Gasteiger partial charge >= 0.3 is 0 Å². The average Bonchev–Trinajstić information content (AvgIpc) is 2.40. The summed E-state index contributed by atoms with van der Waals surface area (Å²) in [4.78, 5) is 4.17. The van der Waals surface area contributed by atoms with Crippen LogP contribution >= 0.6 is 11.6 Å². The highest BCUT2D eigenvalue weighted by atomic mass is 35.5. The normalized spacial score (nSPS) is 11.6. The highest BCUT2D eigenvalue weighted by Crippen LogP contribution is 2.24. The summed E-state index contributed by atoms with van der Waals surface area (Å²) in [6.45, 7) is 0. The Morgan fingerprint density at radius 3 is 2.50 bits per heavy atom. The molecule has 0 saturated heterocycles. The number of alkyl halides is 1. The van der Waals surface area contributed by atoms with Gasteiger partial charge in [0.25, 0.3) is 0 Å². The molecule has 0 radical (unpaired) electrons. The van der Waals surface area contributed by atoms with E-state index in [1.807, 2.05) is 24.3 Å². The summed E-state index contributed by atoms with van der Waals surface area (Å²) in [7, 11) is 0. The first kappa shape index (κ1) is 12.6. The van der Waals surface area contributed by atoms with Crippen LogP contribution in [0.15, 0.2) is 53.5 Å². The third-order valence-corrected chi connectivity index (χ3v) is 2.71. The molecular weight excluding hydrogens is 251 g/mol. The molecule has 0 amide bonds. The molecule has 4 heteroatoms. The zero-order chi connectivity index (χ0) is 13.0. The number of halogens is 2. The fourth-order valence-electron chi connectivity index (χ4n) is 1.59. The highest BCUT2D eigenvalue weighted by molar-refractivity contribution is 6.28. The van der Waals surface area contributed by atoms with E-state index in [0.717, 1.165) is 16.8 Å². The van der Waals surface area contributed by atoms with Gasteiger partial charge in [0.05, 0.1) is 11.6 Å². The average molecular weight is 263 g/mol. The summed E-state index contributed by atoms with van der Waals surface area (Å²) >= 11 is 5.58. The molecule has 2 nitrogen and oxygen atoms in total. The maximum Gasteiger partial charge on any atom is 0.123 e. The molecule has 0 aliphatic carbocycles. The highest BCUT2D eigenvalue weighted by Gasteiger charge is 2.00. The molecule has 0 aliphatic rings. The Bertz CT molecular complexity index is 564. The van der Waals surface area contributed by atoms with Gasteiger partial charge in [-0.15, -0.1) is 11.6 Å². The fourth-order valence-corrected chi connectivity index (χ4v) is 1.65. The second kappa shape index (κ2) is 5.65. The summed E-state index contributed by atoms with van der Waals surface area (Å²) in [6, 6.07) is 13.8. The van der Waals surface area contributed by atoms with Crippen LogP contribution in [0.1, 0.15) is 0 Å². The van der Waals surface area contributed by atoms with Crippen LogP contribution in [0, 0.1) is 5.82 Å². The Morgan fingerprint density at radius 1 is 1.11 bits per heavy atom. The van der Waals surface area contributed by atoms with Crippen LogP contribution in [0.25, 0.3) is 11.1 Å². The first-order valence-electron chi connectivity index (χ1n) is 5.44. The van der Waals surface area contributed by atoms with Crippen LogP contribution in [-0.4, -0.2) is 11.7 Å². The second-order valence-electron chi connectivity index (χ2n) is 3.79. The SMILES string of the molecule is NC(CCl)=Nc1cccc(-c2ccc(F)cc2)c1. The smallest absolute Gasteiger partial charge is 0.123 e. The van der Waals surface area contributed by atoms with Crippen molar-refractivity contribution in [3.8, 4) is 11.1 Å². The molecule has 92 valence electrons. The van der Waals surface area contributed by atoms with Gasteiger partial charge in [0, 0.05) is 0 Å². The van der Waals surface area contributed by atoms with Crippen molar-refractivity contribution < 1.29 is 4.39 Å². The molecule has 2 N–H and O–H groups in total. The topological polar surface area (TPSA) is 38.4 Å². The van der Waals surface area contributed by atoms with Crippen molar-refractivity contribution in [3.05, 3.63) is 54.3 Å². The molecule has 0 atom stereocenters. The lowest BCUT2D eigenvalue weighted by atomic mass is 10.1. The molecule has 0 aliphatic heterocycles. The number of aliphatic imine (C=N–C) groups is 1. The minimum absolute atomic E-state index is 0.195. The van der Waals surface area contributed by atoms with Gasteiger partial charge in [0.1, 0.15) is 11.7 Å². The van der Waals surface area contributed by atoms with Crippen LogP contribution in [0.4, 0.5) is 10.1 Å². The Hall–Kier alpha value is -1.87. The first-order valence-corrected chi connectivity index (χ1v) is 5.97. The summed E-state index contributed by atoms with van der Waals surface area (Å²) in [5, 5.41) is 0. The zero-order valence-electron chi connectivity index (χ0n) is 9.61. The summed E-state index contributed by atoms with van der Waals surface area (Å²) in [5.74, 6) is 0.313. The van der Waals surface area contributed by atoms with Gasteiger partial charge in [-0.1, -0.05) is 24.3 Å². The molecule has 0 unspecified atom stereocenters. The number of nitrogens with zero attached hydrogens (tertiary/aromatic N) is 1. The van der Waals surface area contributed by atoms with Gasteiger partial charge < -0.3 is 5.73 Å². The van der Waals surface area contributed by atoms with Gasteiger partial charge in [-0.3, -0.25) is 0 Å². The number of hydrogen-bond donors (Lipinski definition) is 1. The van der Waals surface area contributed by atoms with Crippen LogP contribution < -0.4 is 5.73 Å². The van der Waals surface area contributed by atoms with Gasteiger partial charge in [-0.25, -0.2) is 9.38 Å². The van der Waals surface area contributed by atoms with E-state index in [4.69, 9.17) is 17.3 Å². The molecule has 0 bridgehead atoms. The van der Waals surface area contributed by atoms with E-state index in [1.54, 1.807) is 12.1 Å². The summed E-state index contributed by atoms with van der Waals surface area (Å²) in [6.07, 6.45) is 0. The van der Waals surface area contributed by atoms with E-state index in [0.29, 0.717) is 5.84 Å². The van der Waals surface area contributed by atoms with Crippen molar-refractivity contribution >= 4 is 23.1 Å². The maximum atomic E-state index is 12.8. The predicted octanol–water partition coefficient (Wildman–Crippen LogP) is 3.72. The van der Waals surface area contributed by atoms with Crippen molar-refractivity contribution in [1.82, 2.24) is 0 Å². The minimum Gasteiger partial charge on any atom is -0.386 e. The lowest BCUT2D eigenvalue weighted by Gasteiger charge is -2.03. The van der Waals surface area contributed by atoms with Gasteiger partial charge in [-0.05, 0) is 35.4 Å². The monoisotopic (exact) mass is 262 g/mol. The number of rotatable bonds is 3. The van der Waals surface area contributed by atoms with Crippen molar-refractivity contribution in [3.63, 3.8) is 0 Å². The number of benzene rings is 2. The predicted molar refractivity (Wildman–Crippen MR) is 73.8 cm³/mol. The standard InChI is InChI=1S/C14H12ClFN2/c15-9-14(17)18-13-3-1-2-11(8-13)10-4-6-12(16)7-5-10/h1-8H,9H2,(H2,17,18). The van der Waals surface area contributed by atoms with E-state index < -0.39 is 0 Å². The third-order valence-electron chi connectivity index (χ3n) is 2.43. The first-order chi connectivity index (χ1) is 8.69. The van der Waals surface area contributed by atoms with Crippen LogP contribution in [0.2, 0.25) is 0 Å². The van der Waals surface area contributed by atoms with E-state index in [9.17, 15) is 4.39 Å². The molecule has 0 aromatic heterocycles. The van der Waals surface area contributed by atoms with Crippen LogP contribution in [0.3, 0.4) is 0 Å². The van der Waals surface area contributed by atoms with Crippen molar-refractivity contribution in [2.45, 2.75) is 0 Å². The zero-order valence-corrected chi connectivity index (χ0v) is 10.4. The Morgan fingerprint density at radius 2 is 1.83 bits per heavy atom. The van der Waals surface area contributed by atoms with Gasteiger partial charge in [0.15, 0.2) is 0 Å². The quantitative estimate of drug-likeness (QED) is 0.511. The summed E-state index contributed by atoms with van der Waals surface area (Å²) < 4.78 is 12.8. The van der Waals surface area contributed by atoms with E-state index in [-0.39, 0.29) is 11.7 Å². The van der Waals surface area contributed by atoms with Crippen LogP contribution in [0.5, 0.6) is 0 Å².